The fraction of sp³-hybridized carbons (Fsp3) is 0.375. The van der Waals surface area contributed by atoms with Gasteiger partial charge in [0.05, 0.1) is 5.52 Å². The summed E-state index contributed by atoms with van der Waals surface area (Å²) in [6.45, 7) is 3.65. The van der Waals surface area contributed by atoms with Gasteiger partial charge in [-0.05, 0) is 44.0 Å². The second kappa shape index (κ2) is 5.60. The van der Waals surface area contributed by atoms with E-state index in [-0.39, 0.29) is 11.9 Å². The van der Waals surface area contributed by atoms with E-state index in [1.54, 1.807) is 6.20 Å². The first kappa shape index (κ1) is 13.7. The van der Waals surface area contributed by atoms with Crippen molar-refractivity contribution in [1.82, 2.24) is 9.88 Å². The Balaban J connectivity index is 1.82. The summed E-state index contributed by atoms with van der Waals surface area (Å²) in [6, 6.07) is 7.28. The van der Waals surface area contributed by atoms with E-state index in [1.807, 2.05) is 36.1 Å². The second-order valence-corrected chi connectivity index (χ2v) is 5.53. The van der Waals surface area contributed by atoms with Crippen LogP contribution in [0.5, 0.6) is 0 Å². The lowest BCUT2D eigenvalue weighted by Gasteiger charge is -2.22. The summed E-state index contributed by atoms with van der Waals surface area (Å²) in [5.74, 6) is 0.160. The van der Waals surface area contributed by atoms with E-state index < -0.39 is 0 Å². The Hall–Kier alpha value is -2.30. The van der Waals surface area contributed by atoms with Crippen molar-refractivity contribution in [3.05, 3.63) is 30.5 Å². The van der Waals surface area contributed by atoms with Crippen LogP contribution in [0.1, 0.15) is 19.8 Å². The number of anilines is 2. The van der Waals surface area contributed by atoms with Crippen LogP contribution in [0.2, 0.25) is 0 Å². The van der Waals surface area contributed by atoms with Crippen molar-refractivity contribution in [3.63, 3.8) is 0 Å². The van der Waals surface area contributed by atoms with Crippen LogP contribution < -0.4 is 11.1 Å². The van der Waals surface area contributed by atoms with Crippen molar-refractivity contribution >= 4 is 28.2 Å². The van der Waals surface area contributed by atoms with E-state index in [0.717, 1.165) is 42.5 Å². The standard InChI is InChI=1S/C16H20N4O/c1-11(16(21)20-8-2-3-9-20)19-14-6-7-18-15-10-12(17)4-5-13(14)15/h4-7,10-11H,2-3,8-9,17H2,1H3,(H,18,19). The predicted molar refractivity (Wildman–Crippen MR) is 85.1 cm³/mol. The van der Waals surface area contributed by atoms with Crippen LogP contribution in [0.15, 0.2) is 30.5 Å². The highest BCUT2D eigenvalue weighted by atomic mass is 16.2. The quantitative estimate of drug-likeness (QED) is 0.848. The monoisotopic (exact) mass is 284 g/mol. The smallest absolute Gasteiger partial charge is 0.244 e. The third kappa shape index (κ3) is 2.77. The predicted octanol–water partition coefficient (Wildman–Crippen LogP) is 2.24. The molecular formula is C16H20N4O. The van der Waals surface area contributed by atoms with Crippen LogP contribution in [0.25, 0.3) is 10.9 Å². The Kier molecular flexibility index (Phi) is 3.64. The van der Waals surface area contributed by atoms with E-state index in [0.29, 0.717) is 5.69 Å². The number of aromatic nitrogens is 1. The average Bonchev–Trinajstić information content (AvgIpc) is 3.00. The molecule has 2 heterocycles. The number of fused-ring (bicyclic) bond motifs is 1. The van der Waals surface area contributed by atoms with Gasteiger partial charge in [-0.1, -0.05) is 0 Å². The zero-order chi connectivity index (χ0) is 14.8. The van der Waals surface area contributed by atoms with E-state index >= 15 is 0 Å². The van der Waals surface area contributed by atoms with Gasteiger partial charge in [0.15, 0.2) is 0 Å². The molecule has 5 heteroatoms. The summed E-state index contributed by atoms with van der Waals surface area (Å²) in [5.41, 5.74) is 8.22. The first-order chi connectivity index (χ1) is 10.1. The van der Waals surface area contributed by atoms with Crippen LogP contribution in [0, 0.1) is 0 Å². The van der Waals surface area contributed by atoms with Gasteiger partial charge in [-0.2, -0.15) is 0 Å². The number of nitrogens with zero attached hydrogens (tertiary/aromatic N) is 2. The second-order valence-electron chi connectivity index (χ2n) is 5.53. The van der Waals surface area contributed by atoms with Crippen molar-refractivity contribution in [3.8, 4) is 0 Å². The molecule has 0 saturated carbocycles. The van der Waals surface area contributed by atoms with Gasteiger partial charge >= 0.3 is 0 Å². The minimum Gasteiger partial charge on any atom is -0.399 e. The molecule has 1 aliphatic heterocycles. The summed E-state index contributed by atoms with van der Waals surface area (Å²) in [6.07, 6.45) is 3.95. The molecule has 1 unspecified atom stereocenters. The van der Waals surface area contributed by atoms with Gasteiger partial charge < -0.3 is 16.0 Å². The number of benzene rings is 1. The molecule has 0 spiro atoms. The number of nitrogen functional groups attached to an aromatic ring is 1. The van der Waals surface area contributed by atoms with Gasteiger partial charge in [0, 0.05) is 36.0 Å². The number of hydrogen-bond acceptors (Lipinski definition) is 4. The Morgan fingerprint density at radius 3 is 2.86 bits per heavy atom. The number of nitrogens with two attached hydrogens (primary N) is 1. The third-order valence-electron chi connectivity index (χ3n) is 3.93. The van der Waals surface area contributed by atoms with Crippen LogP contribution in [0.3, 0.4) is 0 Å². The van der Waals surface area contributed by atoms with Crippen molar-refractivity contribution in [2.45, 2.75) is 25.8 Å². The van der Waals surface area contributed by atoms with Crippen LogP contribution in [-0.2, 0) is 4.79 Å². The Labute approximate surface area is 124 Å². The number of carbonyl (C=O) groups excluding carboxylic acids is 1. The maximum absolute atomic E-state index is 12.4. The highest BCUT2D eigenvalue weighted by Crippen LogP contribution is 2.24. The zero-order valence-corrected chi connectivity index (χ0v) is 12.2. The van der Waals surface area contributed by atoms with Gasteiger partial charge in [0.1, 0.15) is 6.04 Å². The highest BCUT2D eigenvalue weighted by molar-refractivity contribution is 5.95. The van der Waals surface area contributed by atoms with E-state index in [2.05, 4.69) is 10.3 Å². The van der Waals surface area contributed by atoms with Crippen LogP contribution in [-0.4, -0.2) is 34.9 Å². The van der Waals surface area contributed by atoms with Gasteiger partial charge in [0.25, 0.3) is 0 Å². The van der Waals surface area contributed by atoms with Crippen molar-refractivity contribution in [2.24, 2.45) is 0 Å². The number of amides is 1. The normalized spacial score (nSPS) is 16.1. The molecule has 0 radical (unpaired) electrons. The fourth-order valence-electron chi connectivity index (χ4n) is 2.80. The summed E-state index contributed by atoms with van der Waals surface area (Å²) in [4.78, 5) is 18.6. The van der Waals surface area contributed by atoms with Gasteiger partial charge in [-0.25, -0.2) is 0 Å². The van der Waals surface area contributed by atoms with Crippen molar-refractivity contribution in [2.75, 3.05) is 24.1 Å². The Morgan fingerprint density at radius 1 is 1.33 bits per heavy atom. The lowest BCUT2D eigenvalue weighted by molar-refractivity contribution is -0.130. The lowest BCUT2D eigenvalue weighted by Crippen LogP contribution is -2.39. The largest absolute Gasteiger partial charge is 0.399 e. The third-order valence-corrected chi connectivity index (χ3v) is 3.93. The molecular weight excluding hydrogens is 264 g/mol. The molecule has 1 aliphatic rings. The number of rotatable bonds is 3. The average molecular weight is 284 g/mol. The molecule has 1 aromatic carbocycles. The van der Waals surface area contributed by atoms with Gasteiger partial charge in [-0.3, -0.25) is 9.78 Å². The lowest BCUT2D eigenvalue weighted by atomic mass is 10.1. The maximum atomic E-state index is 12.4. The minimum atomic E-state index is -0.244. The summed E-state index contributed by atoms with van der Waals surface area (Å²) >= 11 is 0. The van der Waals surface area contributed by atoms with E-state index in [1.165, 1.54) is 0 Å². The molecule has 1 fully saturated rings. The van der Waals surface area contributed by atoms with Crippen LogP contribution >= 0.6 is 0 Å². The number of likely N-dealkylation sites (tertiary alicyclic amines) is 1. The summed E-state index contributed by atoms with van der Waals surface area (Å²) in [5, 5.41) is 4.29. The first-order valence-corrected chi connectivity index (χ1v) is 7.35. The molecule has 1 saturated heterocycles. The van der Waals surface area contributed by atoms with Gasteiger partial charge in [-0.15, -0.1) is 0 Å². The summed E-state index contributed by atoms with van der Waals surface area (Å²) < 4.78 is 0. The minimum absolute atomic E-state index is 0.160. The molecule has 1 amide bonds. The van der Waals surface area contributed by atoms with Crippen LogP contribution in [0.4, 0.5) is 11.4 Å². The Morgan fingerprint density at radius 2 is 2.10 bits per heavy atom. The Bertz CT molecular complexity index is 664. The topological polar surface area (TPSA) is 71.2 Å². The SMILES string of the molecule is CC(Nc1ccnc2cc(N)ccc12)C(=O)N1CCCC1. The molecule has 5 nitrogen and oxygen atoms in total. The molecule has 0 aliphatic carbocycles. The van der Waals surface area contributed by atoms with E-state index in [9.17, 15) is 4.79 Å². The molecule has 1 atom stereocenters. The van der Waals surface area contributed by atoms with Gasteiger partial charge in [0.2, 0.25) is 5.91 Å². The van der Waals surface area contributed by atoms with Crippen molar-refractivity contribution in [1.29, 1.82) is 0 Å². The number of nitrogens with one attached hydrogen (secondary N) is 1. The summed E-state index contributed by atoms with van der Waals surface area (Å²) in [7, 11) is 0. The highest BCUT2D eigenvalue weighted by Gasteiger charge is 2.23. The number of pyridine rings is 1. The number of hydrogen-bond donors (Lipinski definition) is 2. The number of carbonyl (C=O) groups is 1. The molecule has 110 valence electrons. The zero-order valence-electron chi connectivity index (χ0n) is 12.2. The molecule has 1 aromatic heterocycles. The molecule has 21 heavy (non-hydrogen) atoms. The van der Waals surface area contributed by atoms with Crippen molar-refractivity contribution < 1.29 is 4.79 Å². The molecule has 0 bridgehead atoms. The molecule has 3 rings (SSSR count). The first-order valence-electron chi connectivity index (χ1n) is 7.35. The maximum Gasteiger partial charge on any atom is 0.244 e. The van der Waals surface area contributed by atoms with E-state index in [4.69, 9.17) is 5.73 Å². The molecule has 2 aromatic rings. The molecule has 3 N–H and O–H groups in total. The fourth-order valence-corrected chi connectivity index (χ4v) is 2.80.